The lowest BCUT2D eigenvalue weighted by Gasteiger charge is -2.34. The monoisotopic (exact) mass is 674 g/mol. The number of alkyl halides is 3. The molecular formula is C37H41F3N6OS. The lowest BCUT2D eigenvalue weighted by atomic mass is 9.97. The average Bonchev–Trinajstić information content (AvgIpc) is 3.49. The molecule has 7 nitrogen and oxygen atoms in total. The third-order valence-electron chi connectivity index (χ3n) is 8.47. The minimum absolute atomic E-state index is 0.00834. The molecule has 0 aliphatic rings. The zero-order valence-electron chi connectivity index (χ0n) is 27.6. The summed E-state index contributed by atoms with van der Waals surface area (Å²) < 4.78 is 43.9. The van der Waals surface area contributed by atoms with Gasteiger partial charge in [-0.1, -0.05) is 76.6 Å². The summed E-state index contributed by atoms with van der Waals surface area (Å²) >= 11 is 5.81. The van der Waals surface area contributed by atoms with E-state index in [0.717, 1.165) is 29.3 Å². The number of nitrogens with one attached hydrogen (secondary N) is 2. The first-order valence-electron chi connectivity index (χ1n) is 16.0. The first kappa shape index (κ1) is 36.2. The highest BCUT2D eigenvalue weighted by Crippen LogP contribution is 2.32. The van der Waals surface area contributed by atoms with Gasteiger partial charge in [0.05, 0.1) is 29.9 Å². The molecule has 48 heavy (non-hydrogen) atoms. The van der Waals surface area contributed by atoms with Gasteiger partial charge in [0.2, 0.25) is 5.91 Å². The number of nitrogens with zero attached hydrogens (tertiary/aromatic N) is 4. The van der Waals surface area contributed by atoms with Gasteiger partial charge in [-0.2, -0.15) is 18.4 Å². The predicted molar refractivity (Wildman–Crippen MR) is 186 cm³/mol. The molecule has 1 amide bonds. The molecular weight excluding hydrogens is 634 g/mol. The molecule has 1 heterocycles. The van der Waals surface area contributed by atoms with Crippen LogP contribution in [-0.4, -0.2) is 38.1 Å². The molecule has 3 aromatic carbocycles. The van der Waals surface area contributed by atoms with Crippen molar-refractivity contribution >= 4 is 28.9 Å². The quantitative estimate of drug-likeness (QED) is 0.140. The highest BCUT2D eigenvalue weighted by atomic mass is 32.1. The molecule has 0 aliphatic heterocycles. The van der Waals surface area contributed by atoms with Crippen molar-refractivity contribution in [2.45, 2.75) is 71.8 Å². The minimum Gasteiger partial charge on any atom is -0.351 e. The largest absolute Gasteiger partial charge is 0.416 e. The predicted octanol–water partition coefficient (Wildman–Crippen LogP) is 7.92. The number of hydrogen-bond donors (Lipinski definition) is 2. The fourth-order valence-electron chi connectivity index (χ4n) is 5.34. The molecule has 2 atom stereocenters. The first-order chi connectivity index (χ1) is 22.9. The molecule has 4 aromatic rings. The molecule has 11 heteroatoms. The van der Waals surface area contributed by atoms with Crippen LogP contribution in [0.25, 0.3) is 0 Å². The summed E-state index contributed by atoms with van der Waals surface area (Å²) in [4.78, 5) is 19.4. The lowest BCUT2D eigenvalue weighted by Crippen LogP contribution is -2.50. The molecule has 0 spiro atoms. The summed E-state index contributed by atoms with van der Waals surface area (Å²) in [5, 5.41) is 15.7. The van der Waals surface area contributed by atoms with Crippen LogP contribution in [0.1, 0.15) is 73.5 Å². The average molecular weight is 675 g/mol. The number of halogens is 3. The number of imidazole rings is 1. The van der Waals surface area contributed by atoms with Gasteiger partial charge in [-0.3, -0.25) is 4.79 Å². The number of carbonyl (C=O) groups is 1. The van der Waals surface area contributed by atoms with Crippen molar-refractivity contribution in [2.75, 3.05) is 11.9 Å². The van der Waals surface area contributed by atoms with Crippen molar-refractivity contribution in [3.63, 3.8) is 0 Å². The SMILES string of the molecule is CC[C@H](C)[C@@H](CN(Cc1ccccc1C(F)(F)F)C(=S)Nc1ccc(C(C)C)cc1)NC(=O)Cc1cncn1Cc1ccc(C#N)cc1. The number of nitriles is 1. The second kappa shape index (κ2) is 16.4. The van der Waals surface area contributed by atoms with Gasteiger partial charge in [0.25, 0.3) is 0 Å². The van der Waals surface area contributed by atoms with E-state index in [9.17, 15) is 18.0 Å². The molecule has 1 aromatic heterocycles. The van der Waals surface area contributed by atoms with Gasteiger partial charge >= 0.3 is 6.18 Å². The Morgan fingerprint density at radius 3 is 2.35 bits per heavy atom. The summed E-state index contributed by atoms with van der Waals surface area (Å²) in [6.45, 7) is 8.77. The van der Waals surface area contributed by atoms with Gasteiger partial charge in [-0.25, -0.2) is 4.98 Å². The van der Waals surface area contributed by atoms with E-state index in [2.05, 4.69) is 35.5 Å². The standard InChI is InChI=1S/C37H41F3N6OS/c1-5-26(4)34(44-35(47)18-32-20-42-24-46(32)21-28-12-10-27(19-41)11-13-28)23-45(22-30-8-6-7-9-33(30)37(38,39)40)36(48)43-31-16-14-29(15-17-31)25(2)3/h6-17,20,24-26,34H,5,18,21-23H2,1-4H3,(H,43,48)(H,44,47)/t26-,34+/m0/s1. The summed E-state index contributed by atoms with van der Waals surface area (Å²) in [5.74, 6) is 0.0996. The van der Waals surface area contributed by atoms with E-state index < -0.39 is 17.8 Å². The second-order valence-corrected chi connectivity index (χ2v) is 12.7. The Morgan fingerprint density at radius 2 is 1.73 bits per heavy atom. The fraction of sp³-hybridized carbons (Fsp3) is 0.351. The van der Waals surface area contributed by atoms with Gasteiger partial charge in [-0.15, -0.1) is 0 Å². The maximum Gasteiger partial charge on any atom is 0.416 e. The van der Waals surface area contributed by atoms with E-state index >= 15 is 0 Å². The van der Waals surface area contributed by atoms with Gasteiger partial charge in [0, 0.05) is 43.3 Å². The number of hydrogen-bond acceptors (Lipinski definition) is 4. The maximum atomic E-state index is 14.0. The van der Waals surface area contributed by atoms with E-state index in [1.54, 1.807) is 35.6 Å². The summed E-state index contributed by atoms with van der Waals surface area (Å²) in [5.41, 5.74) is 3.47. The molecule has 4 rings (SSSR count). The Bertz CT molecular complexity index is 1710. The van der Waals surface area contributed by atoms with E-state index in [4.69, 9.17) is 17.5 Å². The number of aromatic nitrogens is 2. The molecule has 0 fully saturated rings. The smallest absolute Gasteiger partial charge is 0.351 e. The number of rotatable bonds is 13. The zero-order chi connectivity index (χ0) is 34.8. The number of anilines is 1. The Morgan fingerprint density at radius 1 is 1.04 bits per heavy atom. The highest BCUT2D eigenvalue weighted by Gasteiger charge is 2.34. The molecule has 0 saturated heterocycles. The summed E-state index contributed by atoms with van der Waals surface area (Å²) in [6.07, 6.45) is -0.443. The maximum absolute atomic E-state index is 14.0. The number of carbonyl (C=O) groups excluding carboxylic acids is 1. The van der Waals surface area contributed by atoms with Gasteiger partial charge in [0.1, 0.15) is 0 Å². The Hall–Kier alpha value is -4.69. The van der Waals surface area contributed by atoms with Crippen LogP contribution in [0.3, 0.4) is 0 Å². The van der Waals surface area contributed by atoms with Crippen LogP contribution in [0, 0.1) is 17.2 Å². The van der Waals surface area contributed by atoms with Crippen molar-refractivity contribution < 1.29 is 18.0 Å². The van der Waals surface area contributed by atoms with Crippen molar-refractivity contribution in [3.05, 3.63) is 119 Å². The Kier molecular flexibility index (Phi) is 12.4. The van der Waals surface area contributed by atoms with Gasteiger partial charge < -0.3 is 20.1 Å². The normalized spacial score (nSPS) is 12.6. The highest BCUT2D eigenvalue weighted by molar-refractivity contribution is 7.80. The molecule has 0 unspecified atom stereocenters. The minimum atomic E-state index is -4.53. The van der Waals surface area contributed by atoms with E-state index in [1.807, 2.05) is 54.8 Å². The number of benzene rings is 3. The first-order valence-corrected chi connectivity index (χ1v) is 16.4. The third kappa shape index (κ3) is 9.91. The lowest BCUT2D eigenvalue weighted by molar-refractivity contribution is -0.138. The van der Waals surface area contributed by atoms with Crippen molar-refractivity contribution in [2.24, 2.45) is 5.92 Å². The van der Waals surface area contributed by atoms with Crippen molar-refractivity contribution in [1.29, 1.82) is 5.26 Å². The summed E-state index contributed by atoms with van der Waals surface area (Å²) in [7, 11) is 0. The van der Waals surface area contributed by atoms with E-state index in [1.165, 1.54) is 12.1 Å². The molecule has 0 saturated carbocycles. The van der Waals surface area contributed by atoms with Crippen LogP contribution in [0.5, 0.6) is 0 Å². The second-order valence-electron chi connectivity index (χ2n) is 12.3. The van der Waals surface area contributed by atoms with E-state index in [0.29, 0.717) is 23.7 Å². The van der Waals surface area contributed by atoms with Crippen molar-refractivity contribution in [3.8, 4) is 6.07 Å². The molecule has 252 valence electrons. The van der Waals surface area contributed by atoms with E-state index in [-0.39, 0.29) is 42.0 Å². The third-order valence-corrected chi connectivity index (χ3v) is 8.83. The number of amides is 1. The van der Waals surface area contributed by atoms with Crippen LogP contribution in [0.15, 0.2) is 85.3 Å². The fourth-order valence-corrected chi connectivity index (χ4v) is 5.60. The molecule has 2 N–H and O–H groups in total. The Balaban J connectivity index is 1.55. The van der Waals surface area contributed by atoms with Gasteiger partial charge in [-0.05, 0) is 71.1 Å². The van der Waals surface area contributed by atoms with Crippen LogP contribution in [0.4, 0.5) is 18.9 Å². The van der Waals surface area contributed by atoms with Crippen LogP contribution >= 0.6 is 12.2 Å². The molecule has 0 aliphatic carbocycles. The van der Waals surface area contributed by atoms with Crippen LogP contribution < -0.4 is 10.6 Å². The summed E-state index contributed by atoms with van der Waals surface area (Å²) in [6, 6.07) is 22.2. The number of thiocarbonyl (C=S) groups is 1. The topological polar surface area (TPSA) is 86.0 Å². The van der Waals surface area contributed by atoms with Gasteiger partial charge in [0.15, 0.2) is 5.11 Å². The van der Waals surface area contributed by atoms with Crippen LogP contribution in [-0.2, 0) is 30.5 Å². The van der Waals surface area contributed by atoms with Crippen LogP contribution in [0.2, 0.25) is 0 Å². The molecule has 0 radical (unpaired) electrons. The van der Waals surface area contributed by atoms with Crippen molar-refractivity contribution in [1.82, 2.24) is 19.8 Å². The molecule has 0 bridgehead atoms. The Labute approximate surface area is 285 Å². The zero-order valence-corrected chi connectivity index (χ0v) is 28.4.